The highest BCUT2D eigenvalue weighted by molar-refractivity contribution is 14.0. The Morgan fingerprint density at radius 3 is 2.66 bits per heavy atom. The van der Waals surface area contributed by atoms with Crippen LogP contribution in [0, 0.1) is 0 Å². The molecule has 3 aromatic heterocycles. The van der Waals surface area contributed by atoms with Crippen LogP contribution >= 0.6 is 35.3 Å². The first-order chi connectivity index (χ1) is 13.9. The number of para-hydroxylation sites is 1. The second-order valence-corrected chi connectivity index (χ2v) is 7.57. The number of benzene rings is 1. The number of hydrogen-bond acceptors (Lipinski definition) is 3. The van der Waals surface area contributed by atoms with Crippen molar-refractivity contribution in [1.29, 1.82) is 0 Å². The molecule has 3 N–H and O–H groups in total. The fraction of sp³-hybridized carbons (Fsp3) is 0.227. The molecule has 3 heterocycles. The van der Waals surface area contributed by atoms with E-state index in [-0.39, 0.29) is 24.0 Å². The Kier molecular flexibility index (Phi) is 8.18. The minimum Gasteiger partial charge on any atom is -0.469 e. The molecule has 0 unspecified atom stereocenters. The van der Waals surface area contributed by atoms with Crippen molar-refractivity contribution < 1.29 is 4.42 Å². The van der Waals surface area contributed by atoms with Crippen LogP contribution in [-0.4, -0.2) is 24.0 Å². The first-order valence-corrected chi connectivity index (χ1v) is 10.4. The van der Waals surface area contributed by atoms with Gasteiger partial charge in [-0.3, -0.25) is 0 Å². The minimum absolute atomic E-state index is 0. The van der Waals surface area contributed by atoms with Gasteiger partial charge in [0.15, 0.2) is 5.96 Å². The van der Waals surface area contributed by atoms with Crippen molar-refractivity contribution in [3.63, 3.8) is 0 Å². The number of guanidine groups is 1. The summed E-state index contributed by atoms with van der Waals surface area (Å²) in [6.07, 6.45) is 5.57. The molecule has 7 heteroatoms. The molecule has 0 aliphatic rings. The zero-order chi connectivity index (χ0) is 19.0. The van der Waals surface area contributed by atoms with Gasteiger partial charge in [-0.15, -0.1) is 35.3 Å². The van der Waals surface area contributed by atoms with E-state index in [1.165, 1.54) is 21.3 Å². The maximum atomic E-state index is 5.40. The van der Waals surface area contributed by atoms with E-state index < -0.39 is 0 Å². The molecule has 0 amide bonds. The van der Waals surface area contributed by atoms with E-state index >= 15 is 0 Å². The van der Waals surface area contributed by atoms with Crippen LogP contribution in [0.25, 0.3) is 10.9 Å². The monoisotopic (exact) mass is 520 g/mol. The van der Waals surface area contributed by atoms with Crippen molar-refractivity contribution in [3.8, 4) is 0 Å². The van der Waals surface area contributed by atoms with Crippen LogP contribution in [0.5, 0.6) is 0 Å². The smallest absolute Gasteiger partial charge is 0.191 e. The quantitative estimate of drug-likeness (QED) is 0.175. The zero-order valence-corrected chi connectivity index (χ0v) is 19.2. The van der Waals surface area contributed by atoms with Crippen LogP contribution in [0.1, 0.15) is 16.2 Å². The van der Waals surface area contributed by atoms with Gasteiger partial charge in [-0.2, -0.15) is 0 Å². The zero-order valence-electron chi connectivity index (χ0n) is 16.1. The topological polar surface area (TPSA) is 65.3 Å². The molecule has 1 aromatic carbocycles. The first kappa shape index (κ1) is 21.4. The van der Waals surface area contributed by atoms with E-state index in [1.54, 1.807) is 17.6 Å². The summed E-state index contributed by atoms with van der Waals surface area (Å²) in [5.41, 5.74) is 2.50. The predicted octanol–water partition coefficient (Wildman–Crippen LogP) is 4.96. The fourth-order valence-electron chi connectivity index (χ4n) is 3.15. The highest BCUT2D eigenvalue weighted by Crippen LogP contribution is 2.17. The van der Waals surface area contributed by atoms with Gasteiger partial charge in [0.2, 0.25) is 0 Å². The van der Waals surface area contributed by atoms with Crippen molar-refractivity contribution in [2.75, 3.05) is 13.1 Å². The summed E-state index contributed by atoms with van der Waals surface area (Å²) in [7, 11) is 0. The van der Waals surface area contributed by atoms with Crippen LogP contribution < -0.4 is 10.6 Å². The number of nitrogens with one attached hydrogen (secondary N) is 3. The molecule has 0 atom stereocenters. The lowest BCUT2D eigenvalue weighted by atomic mass is 10.1. The number of hydrogen-bond donors (Lipinski definition) is 3. The third kappa shape index (κ3) is 6.11. The molecule has 152 valence electrons. The number of aliphatic imine (C=N–C) groups is 1. The van der Waals surface area contributed by atoms with Gasteiger partial charge < -0.3 is 20.0 Å². The second-order valence-electron chi connectivity index (χ2n) is 6.54. The van der Waals surface area contributed by atoms with Gasteiger partial charge in [0.25, 0.3) is 0 Å². The number of H-pyrrole nitrogens is 1. The van der Waals surface area contributed by atoms with Crippen LogP contribution in [-0.2, 0) is 19.4 Å². The number of rotatable bonds is 8. The molecule has 0 bridgehead atoms. The number of furan rings is 1. The van der Waals surface area contributed by atoms with Crippen LogP contribution in [0.4, 0.5) is 0 Å². The lowest BCUT2D eigenvalue weighted by Gasteiger charge is -2.12. The molecule has 4 aromatic rings. The third-order valence-corrected chi connectivity index (χ3v) is 5.44. The Balaban J connectivity index is 0.00000240. The standard InChI is InChI=1S/C22H24N4OS.HI/c1-2-8-21-20(7-1)17(15-25-21)9-11-23-22(26-16-19-6-4-14-28-19)24-12-10-18-5-3-13-27-18;/h1-8,13-15,25H,9-12,16H2,(H2,23,24,26);1H. The minimum atomic E-state index is 0. The SMILES string of the molecule is I.c1coc(CCNC(=NCc2cccs2)NCCc2c[nH]c3ccccc23)c1. The van der Waals surface area contributed by atoms with E-state index in [1.807, 2.05) is 12.1 Å². The molecule has 29 heavy (non-hydrogen) atoms. The molecule has 0 saturated carbocycles. The van der Waals surface area contributed by atoms with E-state index in [0.29, 0.717) is 6.54 Å². The number of aromatic nitrogens is 1. The highest BCUT2D eigenvalue weighted by atomic mass is 127. The summed E-state index contributed by atoms with van der Waals surface area (Å²) < 4.78 is 5.40. The van der Waals surface area contributed by atoms with Gasteiger partial charge in [0, 0.05) is 41.5 Å². The molecule has 0 aliphatic heterocycles. The average molecular weight is 520 g/mol. The summed E-state index contributed by atoms with van der Waals surface area (Å²) in [5.74, 6) is 1.81. The Morgan fingerprint density at radius 2 is 1.86 bits per heavy atom. The Hall–Kier alpha value is -2.26. The number of aromatic amines is 1. The van der Waals surface area contributed by atoms with E-state index in [9.17, 15) is 0 Å². The maximum absolute atomic E-state index is 5.40. The highest BCUT2D eigenvalue weighted by Gasteiger charge is 2.05. The largest absolute Gasteiger partial charge is 0.469 e. The lowest BCUT2D eigenvalue weighted by Crippen LogP contribution is -2.39. The molecule has 0 fully saturated rings. The number of halogens is 1. The normalized spacial score (nSPS) is 11.4. The number of nitrogens with zero attached hydrogens (tertiary/aromatic N) is 1. The Labute approximate surface area is 191 Å². The van der Waals surface area contributed by atoms with Gasteiger partial charge in [0.1, 0.15) is 5.76 Å². The molecule has 0 radical (unpaired) electrons. The molecule has 5 nitrogen and oxygen atoms in total. The van der Waals surface area contributed by atoms with Gasteiger partial charge in [0.05, 0.1) is 12.8 Å². The first-order valence-electron chi connectivity index (χ1n) is 9.50. The maximum Gasteiger partial charge on any atom is 0.191 e. The van der Waals surface area contributed by atoms with Crippen molar-refractivity contribution >= 4 is 52.2 Å². The van der Waals surface area contributed by atoms with E-state index in [4.69, 9.17) is 9.41 Å². The molecule has 0 saturated heterocycles. The third-order valence-electron chi connectivity index (χ3n) is 4.58. The fourth-order valence-corrected chi connectivity index (χ4v) is 3.77. The lowest BCUT2D eigenvalue weighted by molar-refractivity contribution is 0.506. The van der Waals surface area contributed by atoms with E-state index in [0.717, 1.165) is 37.7 Å². The molecule has 0 spiro atoms. The van der Waals surface area contributed by atoms with Crippen LogP contribution in [0.3, 0.4) is 0 Å². The summed E-state index contributed by atoms with van der Waals surface area (Å²) in [6, 6.07) is 16.5. The van der Waals surface area contributed by atoms with Crippen LogP contribution in [0.15, 0.2) is 75.8 Å². The molecule has 0 aliphatic carbocycles. The number of fused-ring (bicyclic) bond motifs is 1. The van der Waals surface area contributed by atoms with Gasteiger partial charge >= 0.3 is 0 Å². The van der Waals surface area contributed by atoms with Gasteiger partial charge in [-0.1, -0.05) is 24.3 Å². The van der Waals surface area contributed by atoms with Gasteiger partial charge in [-0.25, -0.2) is 4.99 Å². The van der Waals surface area contributed by atoms with Crippen molar-refractivity contribution in [2.24, 2.45) is 4.99 Å². The molecule has 4 rings (SSSR count). The van der Waals surface area contributed by atoms with Gasteiger partial charge in [-0.05, 0) is 41.6 Å². The number of thiophene rings is 1. The predicted molar refractivity (Wildman–Crippen MR) is 131 cm³/mol. The van der Waals surface area contributed by atoms with Crippen molar-refractivity contribution in [2.45, 2.75) is 19.4 Å². The Bertz CT molecular complexity index is 1010. The molecular weight excluding hydrogens is 495 g/mol. The summed E-state index contributed by atoms with van der Waals surface area (Å²) in [6.45, 7) is 2.27. The Morgan fingerprint density at radius 1 is 1.00 bits per heavy atom. The van der Waals surface area contributed by atoms with E-state index in [2.05, 4.69) is 63.6 Å². The summed E-state index contributed by atoms with van der Waals surface area (Å²) >= 11 is 1.73. The summed E-state index contributed by atoms with van der Waals surface area (Å²) in [4.78, 5) is 9.32. The van der Waals surface area contributed by atoms with Crippen molar-refractivity contribution in [3.05, 3.63) is 82.6 Å². The molecular formula is C22H25IN4OS. The summed E-state index contributed by atoms with van der Waals surface area (Å²) in [5, 5.41) is 10.2. The second kappa shape index (κ2) is 11.1. The van der Waals surface area contributed by atoms with Crippen molar-refractivity contribution in [1.82, 2.24) is 15.6 Å². The average Bonchev–Trinajstić information content (AvgIpc) is 3.48. The van der Waals surface area contributed by atoms with Crippen LogP contribution in [0.2, 0.25) is 0 Å².